The largest absolute Gasteiger partial charge is 1.00 e. The van der Waals surface area contributed by atoms with Crippen molar-refractivity contribution in [3.05, 3.63) is 130 Å². The minimum atomic E-state index is 0. The van der Waals surface area contributed by atoms with Crippen LogP contribution in [0.1, 0.15) is 175 Å². The predicted molar refractivity (Wildman–Crippen MR) is 297 cm³/mol. The molecular weight excluding hydrogens is 1010 g/mol. The molecule has 0 amide bonds. The summed E-state index contributed by atoms with van der Waals surface area (Å²) in [5.74, 6) is 7.88. The standard InChI is InChI=1S/2C33H39.C2H6Si.2ClH.Zr/c2*1-22-7-12-30(32-18-24(17-31(22)32)13-23-5-3-2-4-6-23)28-8-10-29(11-9-28)33-19-25-14-26(20-33)16-27(15-25)21-33;1-3-2;;;/h2*7-12,17-18,23,25-27H,2-6,13-16,19-21H2,1H3;1-2H3;2*1H;/q2*-1;;;;+2/p-2. The van der Waals surface area contributed by atoms with Crippen molar-refractivity contribution in [3.8, 4) is 22.3 Å². The predicted octanol–water partition coefficient (Wildman–Crippen LogP) is 13.0. The Hall–Kier alpha value is -2.22. The molecule has 380 valence electrons. The van der Waals surface area contributed by atoms with E-state index >= 15 is 0 Å². The van der Waals surface area contributed by atoms with Gasteiger partial charge in [-0.2, -0.15) is 12.1 Å². The first-order valence-electron chi connectivity index (χ1n) is 29.1. The van der Waals surface area contributed by atoms with Gasteiger partial charge in [0.25, 0.3) is 0 Å². The maximum atomic E-state index is 2.53. The first-order valence-corrected chi connectivity index (χ1v) is 35.3. The average Bonchev–Trinajstić information content (AvgIpc) is 3.98. The Balaban J connectivity index is 0.000000151. The van der Waals surface area contributed by atoms with Crippen molar-refractivity contribution in [2.75, 3.05) is 0 Å². The van der Waals surface area contributed by atoms with Crippen molar-refractivity contribution in [2.45, 2.75) is 192 Å². The van der Waals surface area contributed by atoms with Crippen LogP contribution in [0.3, 0.4) is 0 Å². The fraction of sp³-hybridized carbons (Fsp3) is 0.559. The molecule has 10 aliphatic rings. The van der Waals surface area contributed by atoms with Gasteiger partial charge >= 0.3 is 41.9 Å². The number of hydrogen-bond donors (Lipinski definition) is 0. The molecule has 0 spiro atoms. The Morgan fingerprint density at radius 3 is 1.07 bits per heavy atom. The third-order valence-electron chi connectivity index (χ3n) is 20.5. The molecule has 0 N–H and O–H groups in total. The van der Waals surface area contributed by atoms with Crippen LogP contribution >= 0.6 is 0 Å². The number of halogens is 2. The van der Waals surface area contributed by atoms with Crippen molar-refractivity contribution in [3.63, 3.8) is 0 Å². The second kappa shape index (κ2) is 22.4. The molecule has 4 heteroatoms. The maximum Gasteiger partial charge on any atom is -0.00391 e. The molecule has 10 aliphatic carbocycles. The zero-order valence-corrected chi connectivity index (χ0v) is 49.6. The van der Waals surface area contributed by atoms with Gasteiger partial charge in [0.05, 0.1) is 0 Å². The van der Waals surface area contributed by atoms with Crippen LogP contribution in [0.25, 0.3) is 43.8 Å². The van der Waals surface area contributed by atoms with Gasteiger partial charge in [0, 0.05) is 0 Å². The third kappa shape index (κ3) is 11.0. The Bertz CT molecular complexity index is 2550. The van der Waals surface area contributed by atoms with Crippen LogP contribution in [0, 0.1) is 61.2 Å². The fourth-order valence-corrected chi connectivity index (χ4v) is 18.1. The summed E-state index contributed by atoms with van der Waals surface area (Å²) in [6.07, 6.45) is 34.8. The fourth-order valence-electron chi connectivity index (χ4n) is 18.1. The van der Waals surface area contributed by atoms with Crippen LogP contribution in [0.5, 0.6) is 0 Å². The van der Waals surface area contributed by atoms with E-state index in [2.05, 4.69) is 124 Å². The van der Waals surface area contributed by atoms with Gasteiger partial charge in [-0.3, -0.25) is 0 Å². The summed E-state index contributed by atoms with van der Waals surface area (Å²) in [4.78, 5) is 0. The van der Waals surface area contributed by atoms with Crippen molar-refractivity contribution in [1.29, 1.82) is 0 Å². The van der Waals surface area contributed by atoms with Crippen LogP contribution in [0.15, 0.2) is 97.1 Å². The van der Waals surface area contributed by atoms with Gasteiger partial charge in [-0.1, -0.05) is 150 Å². The van der Waals surface area contributed by atoms with Gasteiger partial charge in [-0.15, -0.1) is 68.1 Å². The quantitative estimate of drug-likeness (QED) is 0.105. The molecule has 6 aromatic rings. The normalized spacial score (nSPS) is 29.2. The van der Waals surface area contributed by atoms with Crippen LogP contribution in [-0.4, -0.2) is 5.43 Å². The Kier molecular flexibility index (Phi) is 16.5. The molecule has 0 nitrogen and oxygen atoms in total. The smallest absolute Gasteiger partial charge is 0.00391 e. The molecule has 16 rings (SSSR count). The van der Waals surface area contributed by atoms with Gasteiger partial charge in [-0.25, -0.2) is 0 Å². The van der Waals surface area contributed by atoms with Crippen molar-refractivity contribution in [2.24, 2.45) is 47.3 Å². The van der Waals surface area contributed by atoms with Crippen LogP contribution < -0.4 is 24.8 Å². The van der Waals surface area contributed by atoms with E-state index < -0.39 is 0 Å². The average molecular weight is 1090 g/mol. The summed E-state index contributed by atoms with van der Waals surface area (Å²) in [6, 6.07) is 39.4. The molecule has 0 heterocycles. The number of aryl methyl sites for hydroxylation is 2. The minimum Gasteiger partial charge on any atom is -1.00 e. The summed E-state index contributed by atoms with van der Waals surface area (Å²) in [5.41, 5.74) is 16.2. The molecule has 0 aromatic heterocycles. The van der Waals surface area contributed by atoms with E-state index in [1.54, 1.807) is 45.6 Å². The molecule has 0 aliphatic heterocycles. The van der Waals surface area contributed by atoms with Gasteiger partial charge in [0.1, 0.15) is 0 Å². The van der Waals surface area contributed by atoms with Crippen LogP contribution in [-0.2, 0) is 47.0 Å². The Morgan fingerprint density at radius 2 is 0.764 bits per heavy atom. The number of benzene rings is 4. The van der Waals surface area contributed by atoms with E-state index in [4.69, 9.17) is 0 Å². The summed E-state index contributed by atoms with van der Waals surface area (Å²) >= 11 is 1.74. The number of rotatable bonds is 8. The summed E-state index contributed by atoms with van der Waals surface area (Å²) in [7, 11) is 0. The number of fused-ring (bicyclic) bond motifs is 2. The van der Waals surface area contributed by atoms with E-state index in [-0.39, 0.29) is 30.2 Å². The van der Waals surface area contributed by atoms with E-state index in [1.165, 1.54) is 209 Å². The SMILES string of the molecule is C[Si](C)=[Zr+2].Cc1ccc(-c2ccc(C34CC5CC(CC(C5)C3)C4)cc2)c2cc(CC3CCCCC3)[cH-]c12.Cc1ccc(-c2ccc(C34CC5CC(CC(C5)C3)C4)cc2)c2cc(CC3CCCCC3)[cH-]c12.[Cl-].[Cl-]. The molecule has 6 aromatic carbocycles. The zero-order chi connectivity index (χ0) is 47.6. The van der Waals surface area contributed by atoms with E-state index in [1.807, 2.05) is 0 Å². The molecule has 72 heavy (non-hydrogen) atoms. The van der Waals surface area contributed by atoms with E-state index in [0.29, 0.717) is 10.8 Å². The molecule has 0 radical (unpaired) electrons. The third-order valence-corrected chi connectivity index (χ3v) is 20.5. The Morgan fingerprint density at radius 1 is 0.458 bits per heavy atom. The first-order chi connectivity index (χ1) is 34.0. The van der Waals surface area contributed by atoms with Gasteiger partial charge in [0.15, 0.2) is 0 Å². The minimum absolute atomic E-state index is 0. The van der Waals surface area contributed by atoms with E-state index in [9.17, 15) is 0 Å². The molecule has 10 fully saturated rings. The number of hydrogen-bond acceptors (Lipinski definition) is 0. The molecule has 8 bridgehead atoms. The van der Waals surface area contributed by atoms with Crippen molar-refractivity contribution in [1.82, 2.24) is 0 Å². The zero-order valence-electron chi connectivity index (χ0n) is 44.6. The first kappa shape index (κ1) is 53.2. The molecular formula is C68H84Cl2SiZr-2. The molecule has 0 atom stereocenters. The van der Waals surface area contributed by atoms with Crippen molar-refractivity contribution < 1.29 is 48.1 Å². The monoisotopic (exact) mass is 1090 g/mol. The van der Waals surface area contributed by atoms with Gasteiger partial charge < -0.3 is 24.8 Å². The Labute approximate surface area is 463 Å². The maximum absolute atomic E-state index is 2.53. The van der Waals surface area contributed by atoms with E-state index in [0.717, 1.165) is 47.3 Å². The van der Waals surface area contributed by atoms with Crippen LogP contribution in [0.4, 0.5) is 0 Å². The van der Waals surface area contributed by atoms with Crippen molar-refractivity contribution >= 4 is 27.0 Å². The van der Waals surface area contributed by atoms with Gasteiger partial charge in [0.2, 0.25) is 0 Å². The summed E-state index contributed by atoms with van der Waals surface area (Å²) in [5, 5.41) is 5.90. The van der Waals surface area contributed by atoms with Gasteiger partial charge in [-0.05, 0) is 170 Å². The molecule has 0 saturated heterocycles. The van der Waals surface area contributed by atoms with Crippen LogP contribution in [0.2, 0.25) is 13.1 Å². The second-order valence-electron chi connectivity index (χ2n) is 26.2. The molecule has 0 unspecified atom stereocenters. The summed E-state index contributed by atoms with van der Waals surface area (Å²) < 4.78 is 0. The molecule has 10 saturated carbocycles. The topological polar surface area (TPSA) is 0 Å². The second-order valence-corrected chi connectivity index (χ2v) is 35.6. The summed E-state index contributed by atoms with van der Waals surface area (Å²) in [6.45, 7) is 9.19.